The molecule has 1 aliphatic heterocycles. The number of nitrogens with zero attached hydrogens (tertiary/aromatic N) is 2. The predicted octanol–water partition coefficient (Wildman–Crippen LogP) is 3.05. The second-order valence-electron chi connectivity index (χ2n) is 7.07. The molecule has 0 radical (unpaired) electrons. The van der Waals surface area contributed by atoms with Gasteiger partial charge in [0, 0.05) is 18.2 Å². The third kappa shape index (κ3) is 4.12. The molecule has 0 saturated carbocycles. The summed E-state index contributed by atoms with van der Waals surface area (Å²) in [7, 11) is 3.87. The molecule has 0 saturated heterocycles. The van der Waals surface area contributed by atoms with Crippen molar-refractivity contribution in [3.05, 3.63) is 53.6 Å². The van der Waals surface area contributed by atoms with Crippen LogP contribution in [0.15, 0.2) is 45.3 Å². The van der Waals surface area contributed by atoms with Crippen LogP contribution < -0.4 is 14.8 Å². The number of aromatic nitrogens is 1. The van der Waals surface area contributed by atoms with Crippen LogP contribution in [0.25, 0.3) is 11.3 Å². The standard InChI is InChI=1S/C21H23N3O5/c1-13-4-6-17(28-13)16(24(2)3)12-22-21(25)15-11-19(29-23-15)14-5-7-18-20(10-14)27-9-8-26-18/h4-7,10-11,16H,8-9,12H2,1-3H3,(H,22,25). The number of likely N-dealkylation sites (N-methyl/N-ethyl adjacent to an activating group) is 1. The molecule has 1 amide bonds. The van der Waals surface area contributed by atoms with Gasteiger partial charge in [0.1, 0.15) is 24.7 Å². The van der Waals surface area contributed by atoms with E-state index >= 15 is 0 Å². The number of hydrogen-bond acceptors (Lipinski definition) is 7. The summed E-state index contributed by atoms with van der Waals surface area (Å²) in [6.45, 7) is 3.31. The van der Waals surface area contributed by atoms with Crippen molar-refractivity contribution < 1.29 is 23.2 Å². The Labute approximate surface area is 168 Å². The van der Waals surface area contributed by atoms with Crippen molar-refractivity contribution in [3.8, 4) is 22.8 Å². The Morgan fingerprint density at radius 2 is 1.93 bits per heavy atom. The molecule has 152 valence electrons. The number of nitrogens with one attached hydrogen (secondary N) is 1. The van der Waals surface area contributed by atoms with Crippen LogP contribution in [0, 0.1) is 6.92 Å². The summed E-state index contributed by atoms with van der Waals surface area (Å²) in [5.74, 6) is 3.15. The highest BCUT2D eigenvalue weighted by Gasteiger charge is 2.21. The summed E-state index contributed by atoms with van der Waals surface area (Å²) in [5.41, 5.74) is 0.973. The van der Waals surface area contributed by atoms with E-state index in [9.17, 15) is 4.79 Å². The summed E-state index contributed by atoms with van der Waals surface area (Å²) in [6, 6.07) is 10.8. The maximum absolute atomic E-state index is 12.6. The molecule has 4 rings (SSSR count). The molecule has 0 bridgehead atoms. The Kier molecular flexibility index (Phi) is 5.26. The summed E-state index contributed by atoms with van der Waals surface area (Å²) < 4.78 is 22.2. The smallest absolute Gasteiger partial charge is 0.273 e. The zero-order valence-electron chi connectivity index (χ0n) is 16.6. The van der Waals surface area contributed by atoms with Crippen LogP contribution in [0.1, 0.15) is 28.1 Å². The van der Waals surface area contributed by atoms with E-state index < -0.39 is 0 Å². The van der Waals surface area contributed by atoms with Crippen LogP contribution >= 0.6 is 0 Å². The zero-order chi connectivity index (χ0) is 20.4. The van der Waals surface area contributed by atoms with Gasteiger partial charge in [-0.1, -0.05) is 5.16 Å². The lowest BCUT2D eigenvalue weighted by Crippen LogP contribution is -2.34. The van der Waals surface area contributed by atoms with Gasteiger partial charge in [0.2, 0.25) is 0 Å². The maximum Gasteiger partial charge on any atom is 0.273 e. The molecular formula is C21H23N3O5. The van der Waals surface area contributed by atoms with Gasteiger partial charge >= 0.3 is 0 Å². The maximum atomic E-state index is 12.6. The Morgan fingerprint density at radius 1 is 1.14 bits per heavy atom. The van der Waals surface area contributed by atoms with E-state index in [4.69, 9.17) is 18.4 Å². The third-order valence-corrected chi connectivity index (χ3v) is 4.74. The van der Waals surface area contributed by atoms with Crippen LogP contribution in [-0.4, -0.2) is 49.8 Å². The minimum absolute atomic E-state index is 0.0863. The highest BCUT2D eigenvalue weighted by molar-refractivity contribution is 5.93. The monoisotopic (exact) mass is 397 g/mol. The molecule has 3 heterocycles. The first-order valence-corrected chi connectivity index (χ1v) is 9.39. The number of hydrogen-bond donors (Lipinski definition) is 1. The molecule has 8 nitrogen and oxygen atoms in total. The molecule has 8 heteroatoms. The molecular weight excluding hydrogens is 374 g/mol. The fraction of sp³-hybridized carbons (Fsp3) is 0.333. The molecule has 1 unspecified atom stereocenters. The molecule has 0 fully saturated rings. The summed E-state index contributed by atoms with van der Waals surface area (Å²) in [5, 5.41) is 6.80. The molecule has 2 aromatic heterocycles. The highest BCUT2D eigenvalue weighted by atomic mass is 16.6. The highest BCUT2D eigenvalue weighted by Crippen LogP contribution is 2.34. The number of aryl methyl sites for hydroxylation is 1. The Bertz CT molecular complexity index is 1010. The number of ether oxygens (including phenoxy) is 2. The van der Waals surface area contributed by atoms with Crippen molar-refractivity contribution in [1.29, 1.82) is 0 Å². The van der Waals surface area contributed by atoms with Crippen molar-refractivity contribution in [2.24, 2.45) is 0 Å². The number of carbonyl (C=O) groups is 1. The minimum atomic E-state index is -0.312. The number of rotatable bonds is 6. The van der Waals surface area contributed by atoms with E-state index in [1.165, 1.54) is 0 Å². The minimum Gasteiger partial charge on any atom is -0.486 e. The van der Waals surface area contributed by atoms with Gasteiger partial charge in [-0.15, -0.1) is 0 Å². The van der Waals surface area contributed by atoms with Gasteiger partial charge in [-0.2, -0.15) is 0 Å². The SMILES string of the molecule is Cc1ccc(C(CNC(=O)c2cc(-c3ccc4c(c3)OCCO4)on2)N(C)C)o1. The number of carbonyl (C=O) groups excluding carboxylic acids is 1. The molecule has 0 spiro atoms. The molecule has 1 atom stereocenters. The van der Waals surface area contributed by atoms with Gasteiger partial charge in [0.15, 0.2) is 23.0 Å². The number of amides is 1. The van der Waals surface area contributed by atoms with Crippen molar-refractivity contribution >= 4 is 5.91 Å². The second kappa shape index (κ2) is 8.00. The first kappa shape index (κ1) is 19.1. The van der Waals surface area contributed by atoms with Gasteiger partial charge in [0.05, 0.1) is 6.04 Å². The van der Waals surface area contributed by atoms with Crippen LogP contribution in [0.3, 0.4) is 0 Å². The van der Waals surface area contributed by atoms with Gasteiger partial charge < -0.3 is 23.7 Å². The van der Waals surface area contributed by atoms with Crippen molar-refractivity contribution in [2.45, 2.75) is 13.0 Å². The van der Waals surface area contributed by atoms with E-state index in [1.54, 1.807) is 6.07 Å². The molecule has 1 aliphatic rings. The Morgan fingerprint density at radius 3 is 2.66 bits per heavy atom. The summed E-state index contributed by atoms with van der Waals surface area (Å²) >= 11 is 0. The van der Waals surface area contributed by atoms with Crippen molar-refractivity contribution in [3.63, 3.8) is 0 Å². The van der Waals surface area contributed by atoms with Crippen molar-refractivity contribution in [1.82, 2.24) is 15.4 Å². The van der Waals surface area contributed by atoms with Gasteiger partial charge in [-0.25, -0.2) is 0 Å². The molecule has 1 aromatic carbocycles. The van der Waals surface area contributed by atoms with E-state index in [-0.39, 0.29) is 17.6 Å². The topological polar surface area (TPSA) is 90.0 Å². The van der Waals surface area contributed by atoms with Gasteiger partial charge in [0.25, 0.3) is 5.91 Å². The molecule has 29 heavy (non-hydrogen) atoms. The third-order valence-electron chi connectivity index (χ3n) is 4.74. The van der Waals surface area contributed by atoms with E-state index in [0.717, 1.165) is 17.1 Å². The number of fused-ring (bicyclic) bond motifs is 1. The average molecular weight is 397 g/mol. The quantitative estimate of drug-likeness (QED) is 0.684. The normalized spacial score (nSPS) is 14.1. The lowest BCUT2D eigenvalue weighted by Gasteiger charge is -2.22. The number of furan rings is 1. The summed E-state index contributed by atoms with van der Waals surface area (Å²) in [4.78, 5) is 14.5. The lowest BCUT2D eigenvalue weighted by molar-refractivity contribution is 0.0930. The van der Waals surface area contributed by atoms with Gasteiger partial charge in [-0.05, 0) is 51.4 Å². The van der Waals surface area contributed by atoms with Crippen LogP contribution in [0.4, 0.5) is 0 Å². The van der Waals surface area contributed by atoms with Crippen LogP contribution in [0.5, 0.6) is 11.5 Å². The fourth-order valence-electron chi connectivity index (χ4n) is 3.16. The largest absolute Gasteiger partial charge is 0.486 e. The zero-order valence-corrected chi connectivity index (χ0v) is 16.6. The van der Waals surface area contributed by atoms with Crippen molar-refractivity contribution in [2.75, 3.05) is 33.9 Å². The molecule has 0 aliphatic carbocycles. The van der Waals surface area contributed by atoms with Crippen LogP contribution in [-0.2, 0) is 0 Å². The number of benzene rings is 1. The predicted molar refractivity (Wildman–Crippen MR) is 105 cm³/mol. The molecule has 1 N–H and O–H groups in total. The first-order chi connectivity index (χ1) is 14.0. The Balaban J connectivity index is 1.44. The van der Waals surface area contributed by atoms with E-state index in [0.29, 0.717) is 37.0 Å². The average Bonchev–Trinajstić information content (AvgIpc) is 3.37. The Hall–Kier alpha value is -3.26. The molecule has 3 aromatic rings. The lowest BCUT2D eigenvalue weighted by atomic mass is 10.1. The first-order valence-electron chi connectivity index (χ1n) is 9.39. The van der Waals surface area contributed by atoms with E-state index in [1.807, 2.05) is 56.3 Å². The fourth-order valence-corrected chi connectivity index (χ4v) is 3.16. The van der Waals surface area contributed by atoms with Gasteiger partial charge in [-0.3, -0.25) is 9.69 Å². The summed E-state index contributed by atoms with van der Waals surface area (Å²) in [6.07, 6.45) is 0. The van der Waals surface area contributed by atoms with E-state index in [2.05, 4.69) is 10.5 Å². The second-order valence-corrected chi connectivity index (χ2v) is 7.07. The van der Waals surface area contributed by atoms with Crippen LogP contribution in [0.2, 0.25) is 0 Å².